The molecule has 24 heavy (non-hydrogen) atoms. The molecule has 1 aromatic carbocycles. The largest absolute Gasteiger partial charge is 0.490 e. The molecular weight excluding hydrogens is 310 g/mol. The number of aliphatic carboxylic acids is 1. The monoisotopic (exact) mass is 335 g/mol. The number of nitrogens with one attached hydrogen (secondary N) is 1. The predicted molar refractivity (Wildman–Crippen MR) is 89.6 cm³/mol. The highest BCUT2D eigenvalue weighted by Crippen LogP contribution is 2.37. The van der Waals surface area contributed by atoms with E-state index in [9.17, 15) is 9.59 Å². The quantitative estimate of drug-likeness (QED) is 0.800. The Bertz CT molecular complexity index is 611. The van der Waals surface area contributed by atoms with E-state index in [1.165, 1.54) is 0 Å². The molecule has 0 heterocycles. The molecule has 1 saturated carbocycles. The van der Waals surface area contributed by atoms with Crippen LogP contribution in [0.15, 0.2) is 18.2 Å². The summed E-state index contributed by atoms with van der Waals surface area (Å²) < 4.78 is 10.7. The van der Waals surface area contributed by atoms with Gasteiger partial charge in [-0.2, -0.15) is 0 Å². The number of ether oxygens (including phenoxy) is 2. The molecule has 0 aliphatic heterocycles. The minimum absolute atomic E-state index is 0.100. The lowest BCUT2D eigenvalue weighted by molar-refractivity contribution is -0.139. The number of carbonyl (C=O) groups excluding carboxylic acids is 1. The average Bonchev–Trinajstić information content (AvgIpc) is 2.84. The number of benzene rings is 1. The smallest absolute Gasteiger partial charge is 0.341 e. The summed E-state index contributed by atoms with van der Waals surface area (Å²) in [5, 5.41) is 11.8. The minimum atomic E-state index is -1.07. The van der Waals surface area contributed by atoms with Crippen LogP contribution in [0.25, 0.3) is 0 Å². The molecule has 6 heteroatoms. The molecule has 132 valence electrons. The van der Waals surface area contributed by atoms with Gasteiger partial charge in [0.2, 0.25) is 0 Å². The molecule has 1 amide bonds. The zero-order valence-electron chi connectivity index (χ0n) is 14.4. The van der Waals surface area contributed by atoms with Gasteiger partial charge in [-0.15, -0.1) is 0 Å². The van der Waals surface area contributed by atoms with Crippen molar-refractivity contribution in [2.45, 2.75) is 46.1 Å². The van der Waals surface area contributed by atoms with Crippen LogP contribution < -0.4 is 14.8 Å². The molecule has 0 bridgehead atoms. The molecule has 0 aromatic heterocycles. The maximum absolute atomic E-state index is 12.5. The van der Waals surface area contributed by atoms with E-state index in [-0.39, 0.29) is 17.4 Å². The van der Waals surface area contributed by atoms with Crippen LogP contribution in [0.3, 0.4) is 0 Å². The second kappa shape index (κ2) is 7.55. The highest BCUT2D eigenvalue weighted by molar-refractivity contribution is 5.95. The van der Waals surface area contributed by atoms with Crippen molar-refractivity contribution >= 4 is 11.9 Å². The first-order chi connectivity index (χ1) is 11.3. The summed E-state index contributed by atoms with van der Waals surface area (Å²) in [5.41, 5.74) is 0.576. The van der Waals surface area contributed by atoms with Crippen LogP contribution in [0.2, 0.25) is 0 Å². The van der Waals surface area contributed by atoms with E-state index in [1.54, 1.807) is 18.2 Å². The molecule has 6 nitrogen and oxygen atoms in total. The van der Waals surface area contributed by atoms with Gasteiger partial charge in [-0.25, -0.2) is 4.79 Å². The number of carboxylic acids is 1. The second-order valence-electron chi connectivity index (χ2n) is 6.68. The van der Waals surface area contributed by atoms with E-state index in [1.807, 2.05) is 6.92 Å². The van der Waals surface area contributed by atoms with Gasteiger partial charge in [0.15, 0.2) is 18.1 Å². The van der Waals surface area contributed by atoms with Gasteiger partial charge < -0.3 is 19.9 Å². The van der Waals surface area contributed by atoms with Crippen molar-refractivity contribution in [2.75, 3.05) is 13.2 Å². The number of amides is 1. The fourth-order valence-electron chi connectivity index (χ4n) is 3.01. The maximum atomic E-state index is 12.5. The standard InChI is InChI=1S/C18H25NO5/c1-4-23-14-10-12(7-8-13(14)24-11-16(20)21)17(22)19-15-6-5-9-18(15,2)3/h7-8,10,15H,4-6,9,11H2,1-3H3,(H,19,22)(H,20,21). The molecule has 1 atom stereocenters. The predicted octanol–water partition coefficient (Wildman–Crippen LogP) is 2.86. The summed E-state index contributed by atoms with van der Waals surface area (Å²) in [6.07, 6.45) is 3.20. The van der Waals surface area contributed by atoms with Crippen LogP contribution in [0, 0.1) is 5.41 Å². The first-order valence-electron chi connectivity index (χ1n) is 8.26. The van der Waals surface area contributed by atoms with Gasteiger partial charge >= 0.3 is 5.97 Å². The molecule has 1 aromatic rings. The Labute approximate surface area is 142 Å². The highest BCUT2D eigenvalue weighted by Gasteiger charge is 2.35. The van der Waals surface area contributed by atoms with Gasteiger partial charge in [0.05, 0.1) is 6.61 Å². The van der Waals surface area contributed by atoms with Crippen molar-refractivity contribution < 1.29 is 24.2 Å². The van der Waals surface area contributed by atoms with Gasteiger partial charge in [-0.05, 0) is 43.4 Å². The summed E-state index contributed by atoms with van der Waals surface area (Å²) in [7, 11) is 0. The van der Waals surface area contributed by atoms with Gasteiger partial charge in [-0.3, -0.25) is 4.79 Å². The Balaban J connectivity index is 2.13. The van der Waals surface area contributed by atoms with Crippen molar-refractivity contribution in [1.82, 2.24) is 5.32 Å². The van der Waals surface area contributed by atoms with Crippen LogP contribution in [-0.2, 0) is 4.79 Å². The van der Waals surface area contributed by atoms with Crippen molar-refractivity contribution in [3.63, 3.8) is 0 Å². The zero-order valence-corrected chi connectivity index (χ0v) is 14.4. The lowest BCUT2D eigenvalue weighted by Crippen LogP contribution is -2.41. The van der Waals surface area contributed by atoms with Gasteiger partial charge in [0, 0.05) is 11.6 Å². The van der Waals surface area contributed by atoms with E-state index < -0.39 is 12.6 Å². The van der Waals surface area contributed by atoms with Crippen molar-refractivity contribution in [1.29, 1.82) is 0 Å². The minimum Gasteiger partial charge on any atom is -0.490 e. The number of hydrogen-bond acceptors (Lipinski definition) is 4. The van der Waals surface area contributed by atoms with E-state index in [2.05, 4.69) is 19.2 Å². The highest BCUT2D eigenvalue weighted by atomic mass is 16.5. The molecular formula is C18H25NO5. The van der Waals surface area contributed by atoms with E-state index in [0.717, 1.165) is 19.3 Å². The number of hydrogen-bond donors (Lipinski definition) is 2. The summed E-state index contributed by atoms with van der Waals surface area (Å²) in [5.74, 6) is -0.530. The lowest BCUT2D eigenvalue weighted by Gasteiger charge is -2.27. The second-order valence-corrected chi connectivity index (χ2v) is 6.68. The maximum Gasteiger partial charge on any atom is 0.341 e. The van der Waals surface area contributed by atoms with Gasteiger partial charge in [0.1, 0.15) is 0 Å². The van der Waals surface area contributed by atoms with E-state index in [4.69, 9.17) is 14.6 Å². The first-order valence-corrected chi connectivity index (χ1v) is 8.26. The molecule has 1 unspecified atom stereocenters. The van der Waals surface area contributed by atoms with Crippen molar-refractivity contribution in [2.24, 2.45) is 5.41 Å². The van der Waals surface area contributed by atoms with E-state index >= 15 is 0 Å². The fourth-order valence-corrected chi connectivity index (χ4v) is 3.01. The van der Waals surface area contributed by atoms with Crippen LogP contribution in [-0.4, -0.2) is 36.2 Å². The Kier molecular flexibility index (Phi) is 5.70. The van der Waals surface area contributed by atoms with Crippen molar-refractivity contribution in [3.05, 3.63) is 23.8 Å². The molecule has 1 aliphatic carbocycles. The number of carbonyl (C=O) groups is 2. The molecule has 2 N–H and O–H groups in total. The van der Waals surface area contributed by atoms with Gasteiger partial charge in [-0.1, -0.05) is 20.3 Å². The molecule has 2 rings (SSSR count). The van der Waals surface area contributed by atoms with Crippen LogP contribution in [0.4, 0.5) is 0 Å². The summed E-state index contributed by atoms with van der Waals surface area (Å²) in [6.45, 7) is 6.08. The Morgan fingerprint density at radius 2 is 2.04 bits per heavy atom. The molecule has 1 aliphatic rings. The van der Waals surface area contributed by atoms with Crippen molar-refractivity contribution in [3.8, 4) is 11.5 Å². The molecule has 0 spiro atoms. The van der Waals surface area contributed by atoms with Crippen LogP contribution in [0.1, 0.15) is 50.4 Å². The van der Waals surface area contributed by atoms with Gasteiger partial charge in [0.25, 0.3) is 5.91 Å². The van der Waals surface area contributed by atoms with Crippen LogP contribution in [0.5, 0.6) is 11.5 Å². The third-order valence-electron chi connectivity index (χ3n) is 4.42. The third-order valence-corrected chi connectivity index (χ3v) is 4.42. The van der Waals surface area contributed by atoms with E-state index in [0.29, 0.717) is 23.7 Å². The molecule has 0 saturated heterocycles. The summed E-state index contributed by atoms with van der Waals surface area (Å²) in [4.78, 5) is 23.2. The SMILES string of the molecule is CCOc1cc(C(=O)NC2CCCC2(C)C)ccc1OCC(=O)O. The lowest BCUT2D eigenvalue weighted by atomic mass is 9.87. The zero-order chi connectivity index (χ0) is 17.7. The number of carboxylic acid groups (broad SMARTS) is 1. The summed E-state index contributed by atoms with van der Waals surface area (Å²) >= 11 is 0. The average molecular weight is 335 g/mol. The fraction of sp³-hybridized carbons (Fsp3) is 0.556. The Morgan fingerprint density at radius 3 is 2.62 bits per heavy atom. The topological polar surface area (TPSA) is 84.9 Å². The Hall–Kier alpha value is -2.24. The molecule has 0 radical (unpaired) electrons. The normalized spacial score (nSPS) is 18.9. The molecule has 1 fully saturated rings. The first kappa shape index (κ1) is 18.1. The van der Waals surface area contributed by atoms with Crippen LogP contribution >= 0.6 is 0 Å². The summed E-state index contributed by atoms with van der Waals surface area (Å²) in [6, 6.07) is 4.95. The Morgan fingerprint density at radius 1 is 1.29 bits per heavy atom. The number of rotatable bonds is 7. The third kappa shape index (κ3) is 4.40.